The Morgan fingerprint density at radius 3 is 2.36 bits per heavy atom. The number of pyridine rings is 1. The highest BCUT2D eigenvalue weighted by Gasteiger charge is 2.69. The van der Waals surface area contributed by atoms with E-state index in [1.165, 1.54) is 6.20 Å². The van der Waals surface area contributed by atoms with Gasteiger partial charge in [-0.25, -0.2) is 4.79 Å². The van der Waals surface area contributed by atoms with E-state index in [0.29, 0.717) is 16.6 Å². The van der Waals surface area contributed by atoms with E-state index >= 15 is 0 Å². The summed E-state index contributed by atoms with van der Waals surface area (Å²) in [7, 11) is 0. The van der Waals surface area contributed by atoms with Gasteiger partial charge in [-0.2, -0.15) is 5.26 Å². The minimum atomic E-state index is -0.918. The Balaban J connectivity index is 1.86. The highest BCUT2D eigenvalue weighted by molar-refractivity contribution is 9.10. The number of aromatic nitrogens is 1. The van der Waals surface area contributed by atoms with Crippen molar-refractivity contribution < 1.29 is 19.1 Å². The van der Waals surface area contributed by atoms with Gasteiger partial charge in [0.1, 0.15) is 23.7 Å². The van der Waals surface area contributed by atoms with Crippen molar-refractivity contribution in [2.45, 2.75) is 79.1 Å². The zero-order chi connectivity index (χ0) is 27.2. The van der Waals surface area contributed by atoms with Crippen molar-refractivity contribution in [1.29, 1.82) is 5.26 Å². The van der Waals surface area contributed by atoms with E-state index in [1.54, 1.807) is 37.9 Å². The molecule has 1 saturated carbocycles. The topological polar surface area (TPSA) is 124 Å². The van der Waals surface area contributed by atoms with Crippen LogP contribution < -0.4 is 10.6 Å². The summed E-state index contributed by atoms with van der Waals surface area (Å²) in [5.74, 6) is -0.608. The first-order chi connectivity index (χ1) is 16.5. The summed E-state index contributed by atoms with van der Waals surface area (Å²) in [4.78, 5) is 45.7. The second kappa shape index (κ2) is 9.66. The van der Waals surface area contributed by atoms with Gasteiger partial charge in [-0.05, 0) is 65.4 Å². The van der Waals surface area contributed by atoms with Gasteiger partial charge in [0.25, 0.3) is 0 Å². The third-order valence-corrected chi connectivity index (χ3v) is 7.44. The summed E-state index contributed by atoms with van der Waals surface area (Å²) in [5, 5.41) is 15.3. The number of hydrogen-bond donors (Lipinski definition) is 2. The first-order valence-electron chi connectivity index (χ1n) is 12.1. The van der Waals surface area contributed by atoms with Crippen molar-refractivity contribution >= 4 is 33.8 Å². The van der Waals surface area contributed by atoms with E-state index in [0.717, 1.165) is 0 Å². The van der Waals surface area contributed by atoms with E-state index in [9.17, 15) is 19.6 Å². The van der Waals surface area contributed by atoms with Gasteiger partial charge in [-0.3, -0.25) is 14.6 Å². The van der Waals surface area contributed by atoms with Crippen molar-refractivity contribution in [1.82, 2.24) is 20.5 Å². The normalized spacial score (nSPS) is 24.1. The fraction of sp³-hybridized carbons (Fsp3) is 0.654. The molecule has 3 rings (SSSR count). The second-order valence-corrected chi connectivity index (χ2v) is 13.3. The molecule has 196 valence electrons. The minimum Gasteiger partial charge on any atom is -0.444 e. The van der Waals surface area contributed by atoms with Crippen molar-refractivity contribution in [2.75, 3.05) is 6.54 Å². The largest absolute Gasteiger partial charge is 0.444 e. The van der Waals surface area contributed by atoms with Gasteiger partial charge in [0, 0.05) is 29.0 Å². The lowest BCUT2D eigenvalue weighted by molar-refractivity contribution is -0.144. The third-order valence-electron chi connectivity index (χ3n) is 7.01. The van der Waals surface area contributed by atoms with E-state index in [1.807, 2.05) is 20.8 Å². The summed E-state index contributed by atoms with van der Waals surface area (Å²) >= 11 is 3.34. The highest BCUT2D eigenvalue weighted by Crippen LogP contribution is 2.65. The SMILES string of the molecule is CC(C)(C)OC(=O)NC(C(=O)N1C[C@H]2[C@@H]([C@H]1C(=O)NC(C#N)c1cncc(Br)c1)C2(C)C)C(C)(C)C. The number of fused-ring (bicyclic) bond motifs is 1. The molecule has 1 aromatic rings. The number of hydrogen-bond acceptors (Lipinski definition) is 6. The maximum absolute atomic E-state index is 13.8. The smallest absolute Gasteiger partial charge is 0.408 e. The molecular formula is C26H36BrN5O4. The molecule has 0 bridgehead atoms. The number of alkyl carbamates (subject to hydrolysis) is 1. The zero-order valence-electron chi connectivity index (χ0n) is 22.2. The molecule has 2 heterocycles. The zero-order valence-corrected chi connectivity index (χ0v) is 23.8. The second-order valence-electron chi connectivity index (χ2n) is 12.3. The number of halogens is 1. The molecule has 1 aromatic heterocycles. The molecule has 2 aliphatic rings. The van der Waals surface area contributed by atoms with Gasteiger partial charge < -0.3 is 20.3 Å². The number of ether oxygens (including phenoxy) is 1. The number of likely N-dealkylation sites (tertiary alicyclic amines) is 1. The van der Waals surface area contributed by atoms with Crippen LogP contribution >= 0.6 is 15.9 Å². The predicted molar refractivity (Wildman–Crippen MR) is 137 cm³/mol. The molecule has 1 saturated heterocycles. The molecule has 0 spiro atoms. The average Bonchev–Trinajstić information content (AvgIpc) is 3.08. The Hall–Kier alpha value is -2.67. The maximum atomic E-state index is 13.8. The molecule has 3 amide bonds. The molecule has 2 N–H and O–H groups in total. The van der Waals surface area contributed by atoms with Crippen LogP contribution in [0.2, 0.25) is 0 Å². The van der Waals surface area contributed by atoms with Gasteiger partial charge in [0.15, 0.2) is 0 Å². The lowest BCUT2D eigenvalue weighted by atomic mass is 9.85. The molecule has 0 aromatic carbocycles. The Kier molecular flexibility index (Phi) is 7.49. The number of nitrogens with one attached hydrogen (secondary N) is 2. The Morgan fingerprint density at radius 1 is 1.19 bits per heavy atom. The van der Waals surface area contributed by atoms with Crippen LogP contribution in [-0.2, 0) is 14.3 Å². The molecule has 2 unspecified atom stereocenters. The summed E-state index contributed by atoms with van der Waals surface area (Å²) in [6.45, 7) is 15.4. The Bertz CT molecular complexity index is 1090. The summed E-state index contributed by atoms with van der Waals surface area (Å²) < 4.78 is 6.08. The Morgan fingerprint density at radius 2 is 1.83 bits per heavy atom. The summed E-state index contributed by atoms with van der Waals surface area (Å²) in [5.41, 5.74) is -0.908. The lowest BCUT2D eigenvalue weighted by Crippen LogP contribution is -2.59. The number of carbonyl (C=O) groups excluding carboxylic acids is 3. The van der Waals surface area contributed by atoms with Crippen LogP contribution in [0.4, 0.5) is 4.79 Å². The Labute approximate surface area is 221 Å². The molecule has 36 heavy (non-hydrogen) atoms. The van der Waals surface area contributed by atoms with Gasteiger partial charge in [-0.15, -0.1) is 0 Å². The lowest BCUT2D eigenvalue weighted by Gasteiger charge is -2.38. The van der Waals surface area contributed by atoms with E-state index < -0.39 is 41.1 Å². The van der Waals surface area contributed by atoms with Crippen molar-refractivity contribution in [3.05, 3.63) is 28.5 Å². The molecule has 1 aliphatic carbocycles. The minimum absolute atomic E-state index is 0.0384. The molecule has 5 atom stereocenters. The summed E-state index contributed by atoms with van der Waals surface area (Å²) in [6.07, 6.45) is 2.44. The van der Waals surface area contributed by atoms with Crippen LogP contribution in [0, 0.1) is 34.0 Å². The van der Waals surface area contributed by atoms with Crippen LogP contribution in [-0.4, -0.2) is 52.0 Å². The number of nitrogens with zero attached hydrogens (tertiary/aromatic N) is 3. The third kappa shape index (κ3) is 5.83. The van der Waals surface area contributed by atoms with Crippen molar-refractivity contribution in [3.8, 4) is 6.07 Å². The summed E-state index contributed by atoms with van der Waals surface area (Å²) in [6, 6.07) is 1.28. The number of piperidine rings is 1. The van der Waals surface area contributed by atoms with Gasteiger partial charge in [0.05, 0.1) is 6.07 Å². The fourth-order valence-corrected chi connectivity index (χ4v) is 5.44. The standard InChI is InChI=1S/C26H36BrN5O4/c1-24(2,3)20(31-23(35)36-25(4,5)6)22(34)32-13-16-18(26(16,7)8)19(32)21(33)30-17(10-28)14-9-15(27)12-29-11-14/h9,11-12,16-20H,13H2,1-8H3,(H,30,33)(H,31,35)/t16-,17?,18-,19-,20?/m0/s1. The molecule has 9 nitrogen and oxygen atoms in total. The number of amides is 3. The van der Waals surface area contributed by atoms with Crippen molar-refractivity contribution in [3.63, 3.8) is 0 Å². The van der Waals surface area contributed by atoms with Crippen LogP contribution in [0.3, 0.4) is 0 Å². The highest BCUT2D eigenvalue weighted by atomic mass is 79.9. The van der Waals surface area contributed by atoms with Gasteiger partial charge in [0.2, 0.25) is 11.8 Å². The fourth-order valence-electron chi connectivity index (χ4n) is 5.06. The van der Waals surface area contributed by atoms with E-state index in [-0.39, 0.29) is 23.2 Å². The van der Waals surface area contributed by atoms with Crippen LogP contribution in [0.25, 0.3) is 0 Å². The molecule has 10 heteroatoms. The van der Waals surface area contributed by atoms with Gasteiger partial charge in [-0.1, -0.05) is 34.6 Å². The maximum Gasteiger partial charge on any atom is 0.408 e. The molecule has 2 fully saturated rings. The van der Waals surface area contributed by atoms with Crippen LogP contribution in [0.5, 0.6) is 0 Å². The van der Waals surface area contributed by atoms with E-state index in [2.05, 4.69) is 51.5 Å². The molecule has 0 radical (unpaired) electrons. The first-order valence-corrected chi connectivity index (χ1v) is 12.9. The van der Waals surface area contributed by atoms with Crippen LogP contribution in [0.1, 0.15) is 67.0 Å². The monoisotopic (exact) mass is 561 g/mol. The quantitative estimate of drug-likeness (QED) is 0.560. The molecular weight excluding hydrogens is 526 g/mol. The average molecular weight is 563 g/mol. The predicted octanol–water partition coefficient (Wildman–Crippen LogP) is 3.95. The van der Waals surface area contributed by atoms with Gasteiger partial charge >= 0.3 is 6.09 Å². The van der Waals surface area contributed by atoms with Crippen molar-refractivity contribution in [2.24, 2.45) is 22.7 Å². The molecule has 1 aliphatic heterocycles. The van der Waals surface area contributed by atoms with Crippen LogP contribution in [0.15, 0.2) is 22.9 Å². The number of rotatable bonds is 5. The van der Waals surface area contributed by atoms with E-state index in [4.69, 9.17) is 4.74 Å². The number of nitriles is 1. The first kappa shape index (κ1) is 27.9. The number of carbonyl (C=O) groups is 3.